The Balaban J connectivity index is 1.73. The van der Waals surface area contributed by atoms with Crippen molar-refractivity contribution in [2.45, 2.75) is 13.1 Å². The molecule has 0 amide bonds. The van der Waals surface area contributed by atoms with E-state index < -0.39 is 0 Å². The van der Waals surface area contributed by atoms with Gasteiger partial charge in [-0.2, -0.15) is 10.5 Å². The van der Waals surface area contributed by atoms with Crippen molar-refractivity contribution in [3.05, 3.63) is 95.1 Å². The second kappa shape index (κ2) is 7.86. The van der Waals surface area contributed by atoms with Crippen LogP contribution in [0.3, 0.4) is 0 Å². The molecule has 0 saturated carbocycles. The van der Waals surface area contributed by atoms with Crippen molar-refractivity contribution in [1.82, 2.24) is 0 Å². The topological polar surface area (TPSA) is 54.1 Å². The van der Waals surface area contributed by atoms with E-state index in [9.17, 15) is 10.5 Å². The molecule has 0 radical (unpaired) electrons. The molecule has 0 atom stereocenters. The zero-order valence-electron chi connectivity index (χ0n) is 15.5. The zero-order chi connectivity index (χ0) is 19.3. The van der Waals surface area contributed by atoms with Crippen molar-refractivity contribution >= 4 is 11.4 Å². The highest BCUT2D eigenvalue weighted by molar-refractivity contribution is 5.78. The summed E-state index contributed by atoms with van der Waals surface area (Å²) in [6.45, 7) is 3.30. The van der Waals surface area contributed by atoms with Crippen molar-refractivity contribution in [2.24, 2.45) is 0 Å². The largest absolute Gasteiger partial charge is 0.364 e. The Hall–Kier alpha value is -3.76. The quantitative estimate of drug-likeness (QED) is 0.686. The van der Waals surface area contributed by atoms with E-state index in [4.69, 9.17) is 0 Å². The molecular weight excluding hydrogens is 344 g/mol. The predicted molar refractivity (Wildman–Crippen MR) is 111 cm³/mol. The summed E-state index contributed by atoms with van der Waals surface area (Å²) in [5.41, 5.74) is 5.35. The standard InChI is InChI=1S/C24H20N4/c25-15-21-13-23-24(14-22(21)16-26)28(18-20-9-5-2-6-10-20)12-11-27(23)17-19-7-3-1-4-8-19/h1-10,13-14H,11-12,17-18H2. The van der Waals surface area contributed by atoms with E-state index in [1.54, 1.807) is 0 Å². The van der Waals surface area contributed by atoms with Gasteiger partial charge in [-0.05, 0) is 23.3 Å². The third-order valence-corrected chi connectivity index (χ3v) is 5.11. The van der Waals surface area contributed by atoms with E-state index in [1.807, 2.05) is 48.5 Å². The van der Waals surface area contributed by atoms with Crippen LogP contribution in [0.1, 0.15) is 22.3 Å². The van der Waals surface area contributed by atoms with Crippen LogP contribution in [0.25, 0.3) is 0 Å². The molecule has 136 valence electrons. The minimum Gasteiger partial charge on any atom is -0.364 e. The van der Waals surface area contributed by atoms with Gasteiger partial charge in [-0.15, -0.1) is 0 Å². The first-order chi connectivity index (χ1) is 13.8. The molecule has 3 aromatic carbocycles. The Morgan fingerprint density at radius 1 is 0.643 bits per heavy atom. The number of benzene rings is 3. The lowest BCUT2D eigenvalue weighted by molar-refractivity contribution is 0.694. The lowest BCUT2D eigenvalue weighted by Crippen LogP contribution is -2.40. The first kappa shape index (κ1) is 17.6. The molecule has 0 unspecified atom stereocenters. The summed E-state index contributed by atoms with van der Waals surface area (Å²) in [6, 6.07) is 28.8. The van der Waals surface area contributed by atoms with Gasteiger partial charge in [-0.25, -0.2) is 0 Å². The summed E-state index contributed by atoms with van der Waals surface area (Å²) < 4.78 is 0. The highest BCUT2D eigenvalue weighted by Gasteiger charge is 2.25. The fourth-order valence-corrected chi connectivity index (χ4v) is 3.69. The molecule has 1 aliphatic heterocycles. The van der Waals surface area contributed by atoms with E-state index in [2.05, 4.69) is 46.2 Å². The third kappa shape index (κ3) is 3.54. The van der Waals surface area contributed by atoms with Gasteiger partial charge in [0.2, 0.25) is 0 Å². The number of fused-ring (bicyclic) bond motifs is 1. The molecule has 0 aliphatic carbocycles. The van der Waals surface area contributed by atoms with Crippen molar-refractivity contribution in [3.63, 3.8) is 0 Å². The maximum atomic E-state index is 9.49. The molecule has 0 N–H and O–H groups in total. The number of anilines is 2. The van der Waals surface area contributed by atoms with Crippen molar-refractivity contribution < 1.29 is 0 Å². The van der Waals surface area contributed by atoms with Crippen LogP contribution in [0.5, 0.6) is 0 Å². The Morgan fingerprint density at radius 3 is 1.39 bits per heavy atom. The summed E-state index contributed by atoms with van der Waals surface area (Å²) in [5.74, 6) is 0. The molecule has 0 aromatic heterocycles. The lowest BCUT2D eigenvalue weighted by Gasteiger charge is -2.39. The smallest absolute Gasteiger partial charge is 0.101 e. The van der Waals surface area contributed by atoms with Crippen LogP contribution in [-0.2, 0) is 13.1 Å². The van der Waals surface area contributed by atoms with Crippen LogP contribution >= 0.6 is 0 Å². The fourth-order valence-electron chi connectivity index (χ4n) is 3.69. The van der Waals surface area contributed by atoms with Crippen molar-refractivity contribution in [3.8, 4) is 12.1 Å². The van der Waals surface area contributed by atoms with Gasteiger partial charge in [0.25, 0.3) is 0 Å². The molecule has 1 heterocycles. The van der Waals surface area contributed by atoms with Gasteiger partial charge in [-0.3, -0.25) is 0 Å². The predicted octanol–water partition coefficient (Wildman–Crippen LogP) is 4.46. The fraction of sp³-hybridized carbons (Fsp3) is 0.167. The van der Waals surface area contributed by atoms with E-state index in [-0.39, 0.29) is 0 Å². The number of hydrogen-bond donors (Lipinski definition) is 0. The lowest BCUT2D eigenvalue weighted by atomic mass is 10.0. The molecule has 0 saturated heterocycles. The summed E-state index contributed by atoms with van der Waals surface area (Å²) in [7, 11) is 0. The monoisotopic (exact) mass is 364 g/mol. The van der Waals surface area contributed by atoms with Gasteiger partial charge in [-0.1, -0.05) is 60.7 Å². The summed E-state index contributed by atoms with van der Waals surface area (Å²) in [4.78, 5) is 4.60. The van der Waals surface area contributed by atoms with E-state index in [0.29, 0.717) is 11.1 Å². The van der Waals surface area contributed by atoms with Crippen LogP contribution in [0.4, 0.5) is 11.4 Å². The van der Waals surface area contributed by atoms with Gasteiger partial charge in [0, 0.05) is 26.2 Å². The minimum atomic E-state index is 0.431. The summed E-state index contributed by atoms with van der Waals surface area (Å²) in [5, 5.41) is 19.0. The Morgan fingerprint density at radius 2 is 1.04 bits per heavy atom. The van der Waals surface area contributed by atoms with E-state index >= 15 is 0 Å². The second-order valence-corrected chi connectivity index (χ2v) is 6.92. The number of rotatable bonds is 4. The van der Waals surface area contributed by atoms with Crippen LogP contribution in [-0.4, -0.2) is 13.1 Å². The summed E-state index contributed by atoms with van der Waals surface area (Å²) >= 11 is 0. The van der Waals surface area contributed by atoms with Crippen LogP contribution < -0.4 is 9.80 Å². The average Bonchev–Trinajstić information content (AvgIpc) is 2.76. The Kier molecular flexibility index (Phi) is 4.95. The maximum Gasteiger partial charge on any atom is 0.101 e. The molecule has 1 aliphatic rings. The van der Waals surface area contributed by atoms with Gasteiger partial charge >= 0.3 is 0 Å². The van der Waals surface area contributed by atoms with Crippen LogP contribution in [0.15, 0.2) is 72.8 Å². The SMILES string of the molecule is N#Cc1cc2c(cc1C#N)N(Cc1ccccc1)CCN2Cc1ccccc1. The number of nitrogens with zero attached hydrogens (tertiary/aromatic N) is 4. The normalized spacial score (nSPS) is 12.8. The highest BCUT2D eigenvalue weighted by Crippen LogP contribution is 2.37. The Bertz CT molecular complexity index is 959. The van der Waals surface area contributed by atoms with Crippen molar-refractivity contribution in [2.75, 3.05) is 22.9 Å². The third-order valence-electron chi connectivity index (χ3n) is 5.11. The molecule has 4 heteroatoms. The first-order valence-corrected chi connectivity index (χ1v) is 9.34. The average molecular weight is 364 g/mol. The highest BCUT2D eigenvalue weighted by atomic mass is 15.3. The maximum absolute atomic E-state index is 9.49. The molecule has 0 bridgehead atoms. The van der Waals surface area contributed by atoms with Gasteiger partial charge in [0.05, 0.1) is 22.5 Å². The van der Waals surface area contributed by atoms with Crippen LogP contribution in [0, 0.1) is 22.7 Å². The first-order valence-electron chi connectivity index (χ1n) is 9.34. The summed E-state index contributed by atoms with van der Waals surface area (Å²) in [6.07, 6.45) is 0. The van der Waals surface area contributed by atoms with E-state index in [1.165, 1.54) is 11.1 Å². The molecular formula is C24H20N4. The number of hydrogen-bond acceptors (Lipinski definition) is 4. The van der Waals surface area contributed by atoms with E-state index in [0.717, 1.165) is 37.6 Å². The minimum absolute atomic E-state index is 0.431. The second-order valence-electron chi connectivity index (χ2n) is 6.92. The molecule has 4 nitrogen and oxygen atoms in total. The molecule has 0 spiro atoms. The number of nitriles is 2. The van der Waals surface area contributed by atoms with Gasteiger partial charge in [0.1, 0.15) is 12.1 Å². The van der Waals surface area contributed by atoms with Crippen molar-refractivity contribution in [1.29, 1.82) is 10.5 Å². The van der Waals surface area contributed by atoms with Crippen LogP contribution in [0.2, 0.25) is 0 Å². The van der Waals surface area contributed by atoms with Gasteiger partial charge in [0.15, 0.2) is 0 Å². The molecule has 0 fully saturated rings. The molecule has 28 heavy (non-hydrogen) atoms. The van der Waals surface area contributed by atoms with Gasteiger partial charge < -0.3 is 9.80 Å². The molecule has 4 rings (SSSR count). The molecule has 3 aromatic rings. The zero-order valence-corrected chi connectivity index (χ0v) is 15.5. The Labute approximate surface area is 165 Å².